The van der Waals surface area contributed by atoms with E-state index in [4.69, 9.17) is 10.2 Å². The molecule has 2 rings (SSSR count). The Hall–Kier alpha value is -2.56. The van der Waals surface area contributed by atoms with Gasteiger partial charge in [-0.1, -0.05) is 12.1 Å². The van der Waals surface area contributed by atoms with Crippen molar-refractivity contribution in [1.29, 1.82) is 0 Å². The van der Waals surface area contributed by atoms with Crippen LogP contribution in [0.2, 0.25) is 0 Å². The van der Waals surface area contributed by atoms with Crippen molar-refractivity contribution in [2.24, 2.45) is 5.73 Å². The first-order chi connectivity index (χ1) is 9.08. The highest BCUT2D eigenvalue weighted by atomic mass is 16.3. The van der Waals surface area contributed by atoms with E-state index in [1.165, 1.54) is 6.26 Å². The van der Waals surface area contributed by atoms with Crippen molar-refractivity contribution in [2.45, 2.75) is 13.5 Å². The Kier molecular flexibility index (Phi) is 3.66. The summed E-state index contributed by atoms with van der Waals surface area (Å²) in [4.78, 5) is 22.7. The summed E-state index contributed by atoms with van der Waals surface area (Å²) in [6.07, 6.45) is 1.48. The van der Waals surface area contributed by atoms with Crippen LogP contribution in [0.5, 0.6) is 0 Å². The maximum absolute atomic E-state index is 11.8. The highest BCUT2D eigenvalue weighted by Crippen LogP contribution is 2.09. The molecular formula is C14H14N2O3. The quantitative estimate of drug-likeness (QED) is 0.873. The molecule has 2 amide bonds. The molecular weight excluding hydrogens is 244 g/mol. The molecule has 0 radical (unpaired) electrons. The molecule has 0 aliphatic carbocycles. The number of primary amides is 1. The molecule has 3 N–H and O–H groups in total. The smallest absolute Gasteiger partial charge is 0.287 e. The first-order valence-corrected chi connectivity index (χ1v) is 5.79. The molecule has 0 saturated heterocycles. The minimum Gasteiger partial charge on any atom is -0.459 e. The first-order valence-electron chi connectivity index (χ1n) is 5.79. The van der Waals surface area contributed by atoms with Gasteiger partial charge >= 0.3 is 0 Å². The van der Waals surface area contributed by atoms with E-state index in [0.29, 0.717) is 17.9 Å². The normalized spacial score (nSPS) is 10.2. The molecule has 1 heterocycles. The third-order valence-corrected chi connectivity index (χ3v) is 2.76. The van der Waals surface area contributed by atoms with Crippen LogP contribution >= 0.6 is 0 Å². The monoisotopic (exact) mass is 258 g/mol. The Morgan fingerprint density at radius 2 is 1.89 bits per heavy atom. The number of carbonyl (C=O) groups excluding carboxylic acids is 2. The zero-order valence-electron chi connectivity index (χ0n) is 10.5. The number of aryl methyl sites for hydroxylation is 1. The van der Waals surface area contributed by atoms with Gasteiger partial charge in [0, 0.05) is 17.7 Å². The summed E-state index contributed by atoms with van der Waals surface area (Å²) in [6, 6.07) is 8.48. The number of carbonyl (C=O) groups is 2. The van der Waals surface area contributed by atoms with Crippen LogP contribution < -0.4 is 11.1 Å². The maximum atomic E-state index is 11.8. The van der Waals surface area contributed by atoms with Gasteiger partial charge in [-0.25, -0.2) is 0 Å². The highest BCUT2D eigenvalue weighted by molar-refractivity contribution is 5.93. The van der Waals surface area contributed by atoms with Gasteiger partial charge in [0.05, 0.1) is 6.26 Å². The van der Waals surface area contributed by atoms with Gasteiger partial charge in [0.15, 0.2) is 5.76 Å². The van der Waals surface area contributed by atoms with E-state index in [2.05, 4.69) is 5.32 Å². The Balaban J connectivity index is 1.97. The van der Waals surface area contributed by atoms with Crippen molar-refractivity contribution < 1.29 is 14.0 Å². The number of amides is 2. The van der Waals surface area contributed by atoms with Gasteiger partial charge in [-0.05, 0) is 30.7 Å². The molecule has 0 saturated carbocycles. The molecule has 0 aliphatic rings. The second-order valence-corrected chi connectivity index (χ2v) is 4.18. The summed E-state index contributed by atoms with van der Waals surface area (Å²) in [5, 5.41) is 2.74. The predicted molar refractivity (Wildman–Crippen MR) is 69.6 cm³/mol. The summed E-state index contributed by atoms with van der Waals surface area (Å²) >= 11 is 0. The van der Waals surface area contributed by atoms with Crippen LogP contribution in [0, 0.1) is 6.92 Å². The molecule has 0 spiro atoms. The van der Waals surface area contributed by atoms with Gasteiger partial charge in [0.2, 0.25) is 5.91 Å². The SMILES string of the molecule is Cc1ccoc1C(=O)NCc1ccc(C(N)=O)cc1. The Bertz CT molecular complexity index is 599. The summed E-state index contributed by atoms with van der Waals surface area (Å²) in [5.41, 5.74) is 7.26. The molecule has 2 aromatic rings. The van der Waals surface area contributed by atoms with Crippen molar-refractivity contribution in [3.8, 4) is 0 Å². The lowest BCUT2D eigenvalue weighted by Gasteiger charge is -2.04. The molecule has 0 bridgehead atoms. The number of nitrogens with one attached hydrogen (secondary N) is 1. The lowest BCUT2D eigenvalue weighted by Crippen LogP contribution is -2.23. The van der Waals surface area contributed by atoms with E-state index < -0.39 is 5.91 Å². The molecule has 5 nitrogen and oxygen atoms in total. The second kappa shape index (κ2) is 5.39. The van der Waals surface area contributed by atoms with Crippen LogP contribution in [-0.4, -0.2) is 11.8 Å². The van der Waals surface area contributed by atoms with E-state index in [1.807, 2.05) is 0 Å². The topological polar surface area (TPSA) is 85.3 Å². The van der Waals surface area contributed by atoms with E-state index in [9.17, 15) is 9.59 Å². The molecule has 0 fully saturated rings. The molecule has 1 aromatic carbocycles. The summed E-state index contributed by atoms with van der Waals surface area (Å²) < 4.78 is 5.09. The van der Waals surface area contributed by atoms with E-state index in [-0.39, 0.29) is 5.91 Å². The summed E-state index contributed by atoms with van der Waals surface area (Å²) in [6.45, 7) is 2.16. The Morgan fingerprint density at radius 3 is 2.42 bits per heavy atom. The van der Waals surface area contributed by atoms with Gasteiger partial charge < -0.3 is 15.5 Å². The molecule has 19 heavy (non-hydrogen) atoms. The average Bonchev–Trinajstić information content (AvgIpc) is 2.83. The van der Waals surface area contributed by atoms with Crippen molar-refractivity contribution in [3.05, 3.63) is 59.0 Å². The van der Waals surface area contributed by atoms with Crippen LogP contribution in [0.3, 0.4) is 0 Å². The Labute approximate surface area is 110 Å². The minimum atomic E-state index is -0.471. The van der Waals surface area contributed by atoms with Gasteiger partial charge in [-0.3, -0.25) is 9.59 Å². The summed E-state index contributed by atoms with van der Waals surface area (Å²) in [7, 11) is 0. The van der Waals surface area contributed by atoms with Crippen LogP contribution in [0.4, 0.5) is 0 Å². The fourth-order valence-electron chi connectivity index (χ4n) is 1.65. The zero-order chi connectivity index (χ0) is 13.8. The van der Waals surface area contributed by atoms with E-state index in [0.717, 1.165) is 11.1 Å². The number of rotatable bonds is 4. The standard InChI is InChI=1S/C14H14N2O3/c1-9-6-7-19-12(9)14(18)16-8-10-2-4-11(5-3-10)13(15)17/h2-7H,8H2,1H3,(H2,15,17)(H,16,18). The first kappa shape index (κ1) is 12.9. The van der Waals surface area contributed by atoms with Gasteiger partial charge in [0.25, 0.3) is 5.91 Å². The summed E-state index contributed by atoms with van der Waals surface area (Å²) in [5.74, 6) is -0.419. The van der Waals surface area contributed by atoms with Crippen molar-refractivity contribution >= 4 is 11.8 Å². The average molecular weight is 258 g/mol. The van der Waals surface area contributed by atoms with Gasteiger partial charge in [-0.15, -0.1) is 0 Å². The molecule has 0 atom stereocenters. The lowest BCUT2D eigenvalue weighted by atomic mass is 10.1. The zero-order valence-corrected chi connectivity index (χ0v) is 10.5. The van der Waals surface area contributed by atoms with E-state index >= 15 is 0 Å². The highest BCUT2D eigenvalue weighted by Gasteiger charge is 2.11. The van der Waals surface area contributed by atoms with Crippen LogP contribution in [0.1, 0.15) is 32.0 Å². The second-order valence-electron chi connectivity index (χ2n) is 4.18. The van der Waals surface area contributed by atoms with Crippen molar-refractivity contribution in [2.75, 3.05) is 0 Å². The number of nitrogens with two attached hydrogens (primary N) is 1. The van der Waals surface area contributed by atoms with Crippen molar-refractivity contribution in [3.63, 3.8) is 0 Å². The van der Waals surface area contributed by atoms with Gasteiger partial charge in [-0.2, -0.15) is 0 Å². The third kappa shape index (κ3) is 3.01. The Morgan fingerprint density at radius 1 is 1.21 bits per heavy atom. The molecule has 1 aromatic heterocycles. The predicted octanol–water partition coefficient (Wildman–Crippen LogP) is 1.62. The fourth-order valence-corrected chi connectivity index (χ4v) is 1.65. The molecule has 0 unspecified atom stereocenters. The van der Waals surface area contributed by atoms with Crippen molar-refractivity contribution in [1.82, 2.24) is 5.32 Å². The van der Waals surface area contributed by atoms with Gasteiger partial charge in [0.1, 0.15) is 0 Å². The number of furan rings is 1. The van der Waals surface area contributed by atoms with Crippen LogP contribution in [0.25, 0.3) is 0 Å². The van der Waals surface area contributed by atoms with E-state index in [1.54, 1.807) is 37.3 Å². The molecule has 0 aliphatic heterocycles. The lowest BCUT2D eigenvalue weighted by molar-refractivity contribution is 0.0921. The number of hydrogen-bond donors (Lipinski definition) is 2. The number of benzene rings is 1. The van der Waals surface area contributed by atoms with Crippen LogP contribution in [0.15, 0.2) is 41.0 Å². The third-order valence-electron chi connectivity index (χ3n) is 2.76. The largest absolute Gasteiger partial charge is 0.459 e. The molecule has 98 valence electrons. The minimum absolute atomic E-state index is 0.263. The maximum Gasteiger partial charge on any atom is 0.287 e. The fraction of sp³-hybridized carbons (Fsp3) is 0.143. The molecule has 5 heteroatoms. The van der Waals surface area contributed by atoms with Crippen LogP contribution in [-0.2, 0) is 6.54 Å². The number of hydrogen-bond acceptors (Lipinski definition) is 3.